The van der Waals surface area contributed by atoms with Crippen LogP contribution in [0.4, 0.5) is 5.69 Å². The molecule has 1 heterocycles. The van der Waals surface area contributed by atoms with Crippen molar-refractivity contribution in [3.63, 3.8) is 0 Å². The van der Waals surface area contributed by atoms with Gasteiger partial charge in [0, 0.05) is 15.5 Å². The summed E-state index contributed by atoms with van der Waals surface area (Å²) in [6.45, 7) is 3.83. The first kappa shape index (κ1) is 16.9. The van der Waals surface area contributed by atoms with Gasteiger partial charge in [0.1, 0.15) is 0 Å². The molecule has 1 unspecified atom stereocenters. The third-order valence-electron chi connectivity index (χ3n) is 3.73. The van der Waals surface area contributed by atoms with E-state index in [1.165, 1.54) is 0 Å². The third-order valence-corrected chi connectivity index (χ3v) is 4.88. The maximum Gasteiger partial charge on any atom is 0.238 e. The predicted octanol–water partition coefficient (Wildman–Crippen LogP) is 3.39. The molecule has 1 aromatic rings. The maximum atomic E-state index is 12.1. The second-order valence-electron chi connectivity index (χ2n) is 5.80. The lowest BCUT2D eigenvalue weighted by Crippen LogP contribution is -2.35. The Bertz CT molecular complexity index is 520. The van der Waals surface area contributed by atoms with E-state index < -0.39 is 5.60 Å². The van der Waals surface area contributed by atoms with E-state index in [-0.39, 0.29) is 5.91 Å². The fraction of sp³-hybridized carbons (Fsp3) is 0.533. The molecule has 1 fully saturated rings. The van der Waals surface area contributed by atoms with Gasteiger partial charge < -0.3 is 10.4 Å². The highest BCUT2D eigenvalue weighted by Gasteiger charge is 2.25. The number of hydrogen-bond donors (Lipinski definition) is 2. The number of rotatable bonds is 3. The summed E-state index contributed by atoms with van der Waals surface area (Å²) in [7, 11) is 0. The molecule has 6 heteroatoms. The van der Waals surface area contributed by atoms with Crippen molar-refractivity contribution < 1.29 is 9.90 Å². The predicted molar refractivity (Wildman–Crippen MR) is 91.4 cm³/mol. The van der Waals surface area contributed by atoms with E-state index in [0.717, 1.165) is 40.6 Å². The number of nitrogens with one attached hydrogen (secondary N) is 1. The first-order valence-corrected chi connectivity index (χ1v) is 8.64. The Hall–Kier alpha value is -0.430. The number of nitrogens with zero attached hydrogens (tertiary/aromatic N) is 1. The van der Waals surface area contributed by atoms with E-state index in [2.05, 4.69) is 42.1 Å². The van der Waals surface area contributed by atoms with Crippen LogP contribution in [-0.2, 0) is 4.79 Å². The van der Waals surface area contributed by atoms with Crippen LogP contribution in [0.1, 0.15) is 26.2 Å². The highest BCUT2D eigenvalue weighted by molar-refractivity contribution is 9.11. The molecule has 0 radical (unpaired) electrons. The fourth-order valence-corrected chi connectivity index (χ4v) is 3.61. The van der Waals surface area contributed by atoms with Crippen molar-refractivity contribution in [1.82, 2.24) is 4.90 Å². The van der Waals surface area contributed by atoms with Gasteiger partial charge in [-0.05, 0) is 66.9 Å². The number of hydrogen-bond acceptors (Lipinski definition) is 3. The summed E-state index contributed by atoms with van der Waals surface area (Å²) in [5, 5.41) is 13.0. The van der Waals surface area contributed by atoms with Crippen molar-refractivity contribution in [3.05, 3.63) is 27.1 Å². The van der Waals surface area contributed by atoms with Crippen molar-refractivity contribution in [1.29, 1.82) is 0 Å². The molecule has 0 aliphatic carbocycles. The van der Waals surface area contributed by atoms with Crippen molar-refractivity contribution in [2.24, 2.45) is 0 Å². The van der Waals surface area contributed by atoms with E-state index in [4.69, 9.17) is 0 Å². The van der Waals surface area contributed by atoms with Crippen LogP contribution in [-0.4, -0.2) is 41.1 Å². The molecule has 116 valence electrons. The molecule has 1 amide bonds. The Kier molecular flexibility index (Phi) is 5.82. The summed E-state index contributed by atoms with van der Waals surface area (Å²) in [6.07, 6.45) is 2.42. The van der Waals surface area contributed by atoms with E-state index in [1.807, 2.05) is 25.1 Å². The van der Waals surface area contributed by atoms with Crippen LogP contribution in [0.15, 0.2) is 27.1 Å². The van der Waals surface area contributed by atoms with Gasteiger partial charge in [-0.3, -0.25) is 9.69 Å². The molecule has 2 rings (SSSR count). The third kappa shape index (κ3) is 5.36. The lowest BCUT2D eigenvalue weighted by molar-refractivity contribution is -0.117. The molecule has 1 aromatic carbocycles. The first-order chi connectivity index (χ1) is 9.85. The van der Waals surface area contributed by atoms with Crippen LogP contribution >= 0.6 is 31.9 Å². The van der Waals surface area contributed by atoms with Crippen LogP contribution in [0.5, 0.6) is 0 Å². The number of carbonyl (C=O) groups excluding carboxylic acids is 1. The molecule has 1 aliphatic heterocycles. The van der Waals surface area contributed by atoms with E-state index in [1.54, 1.807) is 0 Å². The maximum absolute atomic E-state index is 12.1. The standard InChI is InChI=1S/C15H20Br2N2O2/c1-15(21)5-2-7-19(8-6-15)10-14(20)18-13-4-3-11(16)9-12(13)17/h3-4,9,21H,2,5-8,10H2,1H3,(H,18,20). The SMILES string of the molecule is CC1(O)CCCN(CC(=O)Nc2ccc(Br)cc2Br)CC1. The quantitative estimate of drug-likeness (QED) is 0.789. The van der Waals surface area contributed by atoms with Crippen molar-refractivity contribution >= 4 is 43.5 Å². The van der Waals surface area contributed by atoms with Gasteiger partial charge in [-0.1, -0.05) is 15.9 Å². The van der Waals surface area contributed by atoms with Gasteiger partial charge in [-0.2, -0.15) is 0 Å². The Morgan fingerprint density at radius 1 is 1.38 bits per heavy atom. The van der Waals surface area contributed by atoms with E-state index >= 15 is 0 Å². The monoisotopic (exact) mass is 418 g/mol. The van der Waals surface area contributed by atoms with Gasteiger partial charge in [-0.15, -0.1) is 0 Å². The zero-order valence-corrected chi connectivity index (χ0v) is 15.2. The molecule has 4 nitrogen and oxygen atoms in total. The van der Waals surface area contributed by atoms with Gasteiger partial charge in [0.25, 0.3) is 0 Å². The number of anilines is 1. The molecule has 0 spiro atoms. The molecule has 1 atom stereocenters. The summed E-state index contributed by atoms with van der Waals surface area (Å²) in [5.74, 6) is -0.0282. The summed E-state index contributed by atoms with van der Waals surface area (Å²) in [4.78, 5) is 14.2. The van der Waals surface area contributed by atoms with Crippen LogP contribution in [0, 0.1) is 0 Å². The van der Waals surface area contributed by atoms with Crippen LogP contribution in [0.25, 0.3) is 0 Å². The second kappa shape index (κ2) is 7.22. The van der Waals surface area contributed by atoms with Gasteiger partial charge in [0.15, 0.2) is 0 Å². The van der Waals surface area contributed by atoms with Crippen molar-refractivity contribution in [3.8, 4) is 0 Å². The smallest absolute Gasteiger partial charge is 0.238 e. The molecule has 0 bridgehead atoms. The minimum atomic E-state index is -0.597. The highest BCUT2D eigenvalue weighted by atomic mass is 79.9. The second-order valence-corrected chi connectivity index (χ2v) is 7.57. The highest BCUT2D eigenvalue weighted by Crippen LogP contribution is 2.26. The average Bonchev–Trinajstić information content (AvgIpc) is 2.54. The number of benzene rings is 1. The molecule has 1 aliphatic rings. The molecule has 2 N–H and O–H groups in total. The van der Waals surface area contributed by atoms with Gasteiger partial charge in [0.05, 0.1) is 17.8 Å². The minimum Gasteiger partial charge on any atom is -0.390 e. The van der Waals surface area contributed by atoms with E-state index in [0.29, 0.717) is 13.0 Å². The normalized spacial score (nSPS) is 23.6. The van der Waals surface area contributed by atoms with Crippen molar-refractivity contribution in [2.45, 2.75) is 31.8 Å². The zero-order valence-electron chi connectivity index (χ0n) is 12.0. The molecule has 0 saturated carbocycles. The van der Waals surface area contributed by atoms with E-state index in [9.17, 15) is 9.90 Å². The Morgan fingerprint density at radius 3 is 2.86 bits per heavy atom. The topological polar surface area (TPSA) is 52.6 Å². The number of halogens is 2. The van der Waals surface area contributed by atoms with Gasteiger partial charge in [-0.25, -0.2) is 0 Å². The Labute approximate surface area is 142 Å². The largest absolute Gasteiger partial charge is 0.390 e. The minimum absolute atomic E-state index is 0.0282. The van der Waals surface area contributed by atoms with Gasteiger partial charge >= 0.3 is 0 Å². The molecule has 21 heavy (non-hydrogen) atoms. The number of likely N-dealkylation sites (tertiary alicyclic amines) is 1. The summed E-state index contributed by atoms with van der Waals surface area (Å²) in [5.41, 5.74) is 0.171. The van der Waals surface area contributed by atoms with Crippen LogP contribution in [0.3, 0.4) is 0 Å². The average molecular weight is 420 g/mol. The summed E-state index contributed by atoms with van der Waals surface area (Å²) >= 11 is 6.82. The number of aliphatic hydroxyl groups is 1. The van der Waals surface area contributed by atoms with Gasteiger partial charge in [0.2, 0.25) is 5.91 Å². The molecule has 1 saturated heterocycles. The molecule has 0 aromatic heterocycles. The fourth-order valence-electron chi connectivity index (χ4n) is 2.46. The Balaban J connectivity index is 1.89. The van der Waals surface area contributed by atoms with Crippen molar-refractivity contribution in [2.75, 3.05) is 25.0 Å². The van der Waals surface area contributed by atoms with Crippen LogP contribution < -0.4 is 5.32 Å². The molecular formula is C15H20Br2N2O2. The lowest BCUT2D eigenvalue weighted by atomic mass is 9.98. The zero-order chi connectivity index (χ0) is 15.5. The number of carbonyl (C=O) groups is 1. The first-order valence-electron chi connectivity index (χ1n) is 7.05. The Morgan fingerprint density at radius 2 is 2.14 bits per heavy atom. The summed E-state index contributed by atoms with van der Waals surface area (Å²) < 4.78 is 1.81. The lowest BCUT2D eigenvalue weighted by Gasteiger charge is -2.22. The summed E-state index contributed by atoms with van der Waals surface area (Å²) in [6, 6.07) is 5.65. The number of amides is 1. The molecular weight excluding hydrogens is 400 g/mol. The van der Waals surface area contributed by atoms with Crippen LogP contribution in [0.2, 0.25) is 0 Å².